The van der Waals surface area contributed by atoms with E-state index in [0.29, 0.717) is 19.3 Å². The number of nitrogens with one attached hydrogen (secondary N) is 1. The summed E-state index contributed by atoms with van der Waals surface area (Å²) in [5, 5.41) is 23.7. The van der Waals surface area contributed by atoms with Gasteiger partial charge in [-0.3, -0.25) is 9.59 Å². The van der Waals surface area contributed by atoms with E-state index >= 15 is 0 Å². The zero-order chi connectivity index (χ0) is 42.4. The first-order valence-corrected chi connectivity index (χ1v) is 24.2. The predicted molar refractivity (Wildman–Crippen MR) is 250 cm³/mol. The van der Waals surface area contributed by atoms with E-state index in [1.54, 1.807) is 0 Å². The summed E-state index contributed by atoms with van der Waals surface area (Å²) >= 11 is 0. The number of aliphatic hydroxyl groups excluding tert-OH is 2. The first-order valence-electron chi connectivity index (χ1n) is 24.2. The molecule has 0 heterocycles. The second-order valence-corrected chi connectivity index (χ2v) is 16.1. The zero-order valence-corrected chi connectivity index (χ0v) is 37.9. The van der Waals surface area contributed by atoms with Crippen LogP contribution in [-0.2, 0) is 14.3 Å². The fourth-order valence-corrected chi connectivity index (χ4v) is 6.93. The highest BCUT2D eigenvalue weighted by Gasteiger charge is 2.24. The number of hydrogen-bond donors (Lipinski definition) is 3. The van der Waals surface area contributed by atoms with Crippen molar-refractivity contribution in [2.75, 3.05) is 6.61 Å². The van der Waals surface area contributed by atoms with E-state index in [1.165, 1.54) is 64.2 Å². The van der Waals surface area contributed by atoms with Gasteiger partial charge in [0.05, 0.1) is 25.2 Å². The molecule has 3 atom stereocenters. The van der Waals surface area contributed by atoms with Gasteiger partial charge in [0.15, 0.2) is 0 Å². The summed E-state index contributed by atoms with van der Waals surface area (Å²) in [6.07, 6.45) is 56.8. The molecular weight excluding hydrogens is 719 g/mol. The van der Waals surface area contributed by atoms with Crippen LogP contribution >= 0.6 is 0 Å². The van der Waals surface area contributed by atoms with Crippen LogP contribution in [0.3, 0.4) is 0 Å². The second kappa shape index (κ2) is 45.4. The van der Waals surface area contributed by atoms with E-state index in [2.05, 4.69) is 99.0 Å². The van der Waals surface area contributed by atoms with E-state index in [0.717, 1.165) is 109 Å². The minimum absolute atomic E-state index is 0.0395. The van der Waals surface area contributed by atoms with Crippen molar-refractivity contribution < 1.29 is 24.5 Å². The Kier molecular flexibility index (Phi) is 43.3. The Labute approximate surface area is 358 Å². The monoisotopic (exact) mass is 810 g/mol. The molecule has 1 amide bonds. The largest absolute Gasteiger partial charge is 0.462 e. The molecule has 334 valence electrons. The Balaban J connectivity index is 4.66. The van der Waals surface area contributed by atoms with E-state index in [-0.39, 0.29) is 24.9 Å². The molecule has 6 nitrogen and oxygen atoms in total. The Morgan fingerprint density at radius 2 is 0.931 bits per heavy atom. The summed E-state index contributed by atoms with van der Waals surface area (Å²) in [7, 11) is 0. The van der Waals surface area contributed by atoms with Crippen LogP contribution in [0.15, 0.2) is 72.9 Å². The van der Waals surface area contributed by atoms with E-state index in [9.17, 15) is 19.8 Å². The lowest BCUT2D eigenvalue weighted by atomic mass is 10.0. The summed E-state index contributed by atoms with van der Waals surface area (Å²) in [4.78, 5) is 26.0. The maximum absolute atomic E-state index is 13.2. The molecule has 0 saturated heterocycles. The lowest BCUT2D eigenvalue weighted by molar-refractivity contribution is -0.151. The highest BCUT2D eigenvalue weighted by atomic mass is 16.5. The quantitative estimate of drug-likeness (QED) is 0.0324. The van der Waals surface area contributed by atoms with Crippen molar-refractivity contribution in [3.05, 3.63) is 72.9 Å². The fourth-order valence-electron chi connectivity index (χ4n) is 6.93. The van der Waals surface area contributed by atoms with Gasteiger partial charge in [-0.15, -0.1) is 0 Å². The number of aliphatic hydroxyl groups is 2. The molecule has 0 rings (SSSR count). The number of allylic oxidation sites excluding steroid dienone is 12. The molecule has 0 bridgehead atoms. The molecule has 3 unspecified atom stereocenters. The van der Waals surface area contributed by atoms with Gasteiger partial charge < -0.3 is 20.3 Å². The summed E-state index contributed by atoms with van der Waals surface area (Å²) in [5.41, 5.74) is 0. The van der Waals surface area contributed by atoms with Crippen molar-refractivity contribution in [3.8, 4) is 0 Å². The topological polar surface area (TPSA) is 95.9 Å². The van der Waals surface area contributed by atoms with Crippen LogP contribution in [0.5, 0.6) is 0 Å². The summed E-state index contributed by atoms with van der Waals surface area (Å²) in [5.74, 6) is -0.543. The molecule has 0 aliphatic rings. The van der Waals surface area contributed by atoms with Gasteiger partial charge in [0, 0.05) is 6.42 Å². The third kappa shape index (κ3) is 40.1. The van der Waals surface area contributed by atoms with Gasteiger partial charge in [-0.1, -0.05) is 190 Å². The van der Waals surface area contributed by atoms with Crippen molar-refractivity contribution in [1.82, 2.24) is 5.32 Å². The molecule has 0 aromatic rings. The molecule has 6 heteroatoms. The molecule has 0 fully saturated rings. The normalized spacial score (nSPS) is 13.9. The van der Waals surface area contributed by atoms with Crippen LogP contribution in [0.4, 0.5) is 0 Å². The van der Waals surface area contributed by atoms with Gasteiger partial charge in [0.2, 0.25) is 5.91 Å². The lowest BCUT2D eigenvalue weighted by Crippen LogP contribution is -2.46. The molecular formula is C52H91NO5. The summed E-state index contributed by atoms with van der Waals surface area (Å²) in [6, 6.07) is -0.720. The molecule has 0 aromatic carbocycles. The first-order chi connectivity index (χ1) is 28.5. The van der Waals surface area contributed by atoms with Crippen molar-refractivity contribution in [2.24, 2.45) is 0 Å². The average Bonchev–Trinajstić information content (AvgIpc) is 3.22. The van der Waals surface area contributed by atoms with Gasteiger partial charge in [-0.25, -0.2) is 0 Å². The van der Waals surface area contributed by atoms with Crippen LogP contribution in [0.2, 0.25) is 0 Å². The first kappa shape index (κ1) is 55.3. The van der Waals surface area contributed by atoms with E-state index in [4.69, 9.17) is 4.74 Å². The number of carbonyl (C=O) groups excluding carboxylic acids is 2. The molecule has 58 heavy (non-hydrogen) atoms. The molecule has 3 N–H and O–H groups in total. The second-order valence-electron chi connectivity index (χ2n) is 16.1. The summed E-state index contributed by atoms with van der Waals surface area (Å²) in [6.45, 7) is 6.23. The fraction of sp³-hybridized carbons (Fsp3) is 0.731. The van der Waals surface area contributed by atoms with Crippen LogP contribution in [0, 0.1) is 0 Å². The number of esters is 1. The van der Waals surface area contributed by atoms with E-state index in [1.807, 2.05) is 0 Å². The number of carbonyl (C=O) groups is 2. The third-order valence-electron chi connectivity index (χ3n) is 10.5. The highest BCUT2D eigenvalue weighted by Crippen LogP contribution is 2.17. The molecule has 0 aliphatic carbocycles. The van der Waals surface area contributed by atoms with Crippen LogP contribution in [0.1, 0.15) is 220 Å². The van der Waals surface area contributed by atoms with E-state index < -0.39 is 18.2 Å². The summed E-state index contributed by atoms with van der Waals surface area (Å²) < 4.78 is 5.88. The predicted octanol–water partition coefficient (Wildman–Crippen LogP) is 14.2. The Bertz CT molecular complexity index is 1090. The zero-order valence-electron chi connectivity index (χ0n) is 37.9. The molecule has 0 aliphatic heterocycles. The van der Waals surface area contributed by atoms with Crippen molar-refractivity contribution >= 4 is 11.9 Å². The minimum Gasteiger partial charge on any atom is -0.462 e. The van der Waals surface area contributed by atoms with Gasteiger partial charge in [-0.05, 0) is 89.9 Å². The number of hydrogen-bond acceptors (Lipinski definition) is 5. The Morgan fingerprint density at radius 1 is 0.517 bits per heavy atom. The van der Waals surface area contributed by atoms with Gasteiger partial charge in [-0.2, -0.15) is 0 Å². The van der Waals surface area contributed by atoms with Crippen molar-refractivity contribution in [2.45, 2.75) is 238 Å². The minimum atomic E-state index is -0.803. The van der Waals surface area contributed by atoms with Gasteiger partial charge in [0.1, 0.15) is 6.10 Å². The maximum Gasteiger partial charge on any atom is 0.306 e. The third-order valence-corrected chi connectivity index (χ3v) is 10.5. The smallest absolute Gasteiger partial charge is 0.306 e. The maximum atomic E-state index is 13.2. The van der Waals surface area contributed by atoms with Crippen LogP contribution in [-0.4, -0.2) is 46.9 Å². The lowest BCUT2D eigenvalue weighted by Gasteiger charge is -2.24. The molecule has 0 radical (unpaired) electrons. The number of amides is 1. The highest BCUT2D eigenvalue weighted by molar-refractivity contribution is 5.77. The Hall–Kier alpha value is -2.70. The van der Waals surface area contributed by atoms with Crippen molar-refractivity contribution in [1.29, 1.82) is 0 Å². The van der Waals surface area contributed by atoms with Crippen molar-refractivity contribution in [3.63, 3.8) is 0 Å². The van der Waals surface area contributed by atoms with Gasteiger partial charge in [0.25, 0.3) is 0 Å². The molecule has 0 aromatic heterocycles. The molecule has 0 spiro atoms. The van der Waals surface area contributed by atoms with Crippen LogP contribution < -0.4 is 5.32 Å². The SMILES string of the molecule is CC/C=C/C/C=C/C/C=C/CCCCCCC(=O)OC(CCCC/C=C/C/C=C/C/C=C/CC)CC(=O)NC(CO)C(O)CCCCCCCCCCCCCCC. The standard InChI is InChI=1S/C52H91NO5/c1-4-7-10-13-16-19-22-25-27-30-33-36-39-42-45-52(57)58-48(43-40-37-34-31-28-24-21-18-15-12-9-6-3)46-51(56)53-49(47-54)50(55)44-41-38-35-32-29-26-23-20-17-14-11-8-5-2/h7,9-10,12,16,18-19,21,25,27-28,31,48-50,54-55H,4-6,8,11,13-15,17,20,22-24,26,29-30,32-47H2,1-3H3,(H,53,56)/b10-7+,12-9+,19-16+,21-18+,27-25+,31-28+. The average molecular weight is 810 g/mol. The Morgan fingerprint density at radius 3 is 1.43 bits per heavy atom. The number of ether oxygens (including phenoxy) is 1. The number of rotatable bonds is 42. The molecule has 0 saturated carbocycles. The van der Waals surface area contributed by atoms with Crippen LogP contribution in [0.25, 0.3) is 0 Å². The number of unbranched alkanes of at least 4 members (excludes halogenated alkanes) is 18. The van der Waals surface area contributed by atoms with Gasteiger partial charge >= 0.3 is 5.97 Å².